The molecule has 0 radical (unpaired) electrons. The molecule has 0 saturated heterocycles. The van der Waals surface area contributed by atoms with Gasteiger partial charge in [0, 0.05) is 15.8 Å². The minimum Gasteiger partial charge on any atom is -0.366 e. The number of aryl methyl sites for hydroxylation is 1. The number of anilines is 1. The summed E-state index contributed by atoms with van der Waals surface area (Å²) >= 11 is 2.65. The van der Waals surface area contributed by atoms with E-state index in [1.54, 1.807) is 6.07 Å². The number of fused-ring (bicyclic) bond motifs is 1. The zero-order valence-corrected chi connectivity index (χ0v) is 21.0. The predicted octanol–water partition coefficient (Wildman–Crippen LogP) is 5.15. The van der Waals surface area contributed by atoms with Crippen LogP contribution in [0.2, 0.25) is 0 Å². The molecule has 0 unspecified atom stereocenters. The number of thiophene rings is 2. The quantitative estimate of drug-likeness (QED) is 0.313. The molecular formula is C27H22N4O3S2. The van der Waals surface area contributed by atoms with Gasteiger partial charge in [-0.2, -0.15) is 0 Å². The lowest BCUT2D eigenvalue weighted by Crippen LogP contribution is -2.28. The highest BCUT2D eigenvalue weighted by atomic mass is 32.1. The number of carbonyl (C=O) groups is 2. The molecule has 0 bridgehead atoms. The lowest BCUT2D eigenvalue weighted by Gasteiger charge is -2.08. The largest absolute Gasteiger partial charge is 0.366 e. The second-order valence-electron chi connectivity index (χ2n) is 8.19. The lowest BCUT2D eigenvalue weighted by molar-refractivity contribution is -0.116. The predicted molar refractivity (Wildman–Crippen MR) is 146 cm³/mol. The first-order valence-electron chi connectivity index (χ1n) is 11.3. The first kappa shape index (κ1) is 23.7. The normalized spacial score (nSPS) is 11.0. The third-order valence-corrected chi connectivity index (χ3v) is 7.84. The molecule has 9 heteroatoms. The van der Waals surface area contributed by atoms with Gasteiger partial charge in [0.25, 0.3) is 11.5 Å². The van der Waals surface area contributed by atoms with Crippen molar-refractivity contribution in [2.45, 2.75) is 19.9 Å². The monoisotopic (exact) mass is 514 g/mol. The number of rotatable bonds is 7. The van der Waals surface area contributed by atoms with E-state index in [1.807, 2.05) is 60.0 Å². The second kappa shape index (κ2) is 9.88. The van der Waals surface area contributed by atoms with Gasteiger partial charge in [-0.15, -0.1) is 22.7 Å². The van der Waals surface area contributed by atoms with Gasteiger partial charge in [0.05, 0.1) is 17.3 Å². The summed E-state index contributed by atoms with van der Waals surface area (Å²) in [5.41, 5.74) is 9.33. The number of amides is 2. The molecule has 3 aromatic heterocycles. The van der Waals surface area contributed by atoms with Gasteiger partial charge >= 0.3 is 0 Å². The number of benzene rings is 2. The minimum atomic E-state index is -0.638. The molecule has 2 amide bonds. The Balaban J connectivity index is 1.43. The van der Waals surface area contributed by atoms with E-state index < -0.39 is 11.8 Å². The van der Waals surface area contributed by atoms with Gasteiger partial charge in [-0.25, -0.2) is 4.98 Å². The molecule has 5 rings (SSSR count). The van der Waals surface area contributed by atoms with Gasteiger partial charge in [-0.1, -0.05) is 61.5 Å². The molecule has 0 aliphatic carbocycles. The number of nitrogens with one attached hydrogen (secondary N) is 1. The fourth-order valence-corrected chi connectivity index (χ4v) is 5.94. The average molecular weight is 515 g/mol. The van der Waals surface area contributed by atoms with Crippen LogP contribution < -0.4 is 16.6 Å². The maximum Gasteiger partial charge on any atom is 0.263 e. The van der Waals surface area contributed by atoms with Crippen molar-refractivity contribution in [3.05, 3.63) is 93.9 Å². The Labute approximate surface area is 214 Å². The average Bonchev–Trinajstić information content (AvgIpc) is 3.51. The van der Waals surface area contributed by atoms with Crippen LogP contribution in [0, 0.1) is 0 Å². The van der Waals surface area contributed by atoms with E-state index in [0.717, 1.165) is 28.0 Å². The molecule has 36 heavy (non-hydrogen) atoms. The Bertz CT molecular complexity index is 1630. The number of nitrogens with zero attached hydrogens (tertiary/aromatic N) is 2. The Morgan fingerprint density at radius 3 is 2.50 bits per heavy atom. The van der Waals surface area contributed by atoms with E-state index in [0.29, 0.717) is 15.2 Å². The SMILES string of the molecule is CCc1ccc(-c2csc3ncn(CC(=O)Nc4sc(-c5ccccc5)cc4C(N)=O)c(=O)c23)cc1. The van der Waals surface area contributed by atoms with Crippen LogP contribution in [0.3, 0.4) is 0 Å². The van der Waals surface area contributed by atoms with Crippen LogP contribution in [0.25, 0.3) is 31.8 Å². The molecule has 0 fully saturated rings. The highest BCUT2D eigenvalue weighted by Gasteiger charge is 2.19. The number of nitrogens with two attached hydrogens (primary N) is 1. The first-order valence-corrected chi connectivity index (χ1v) is 13.0. The zero-order valence-electron chi connectivity index (χ0n) is 19.4. The van der Waals surface area contributed by atoms with Crippen LogP contribution in [0.5, 0.6) is 0 Å². The van der Waals surface area contributed by atoms with Gasteiger partial charge in [-0.05, 0) is 29.2 Å². The van der Waals surface area contributed by atoms with Gasteiger partial charge in [-0.3, -0.25) is 19.0 Å². The fourth-order valence-electron chi connectivity index (χ4n) is 3.95. The topological polar surface area (TPSA) is 107 Å². The maximum absolute atomic E-state index is 13.3. The highest BCUT2D eigenvalue weighted by molar-refractivity contribution is 7.20. The van der Waals surface area contributed by atoms with E-state index in [2.05, 4.69) is 17.2 Å². The van der Waals surface area contributed by atoms with Crippen LogP contribution in [-0.4, -0.2) is 21.4 Å². The number of carbonyl (C=O) groups excluding carboxylic acids is 2. The van der Waals surface area contributed by atoms with E-state index >= 15 is 0 Å². The Morgan fingerprint density at radius 2 is 1.81 bits per heavy atom. The van der Waals surface area contributed by atoms with Gasteiger partial charge < -0.3 is 11.1 Å². The summed E-state index contributed by atoms with van der Waals surface area (Å²) in [6.07, 6.45) is 2.31. The summed E-state index contributed by atoms with van der Waals surface area (Å²) in [6, 6.07) is 19.3. The molecule has 7 nitrogen and oxygen atoms in total. The Hall–Kier alpha value is -4.08. The van der Waals surface area contributed by atoms with E-state index in [4.69, 9.17) is 5.73 Å². The molecule has 3 heterocycles. The fraction of sp³-hybridized carbons (Fsp3) is 0.111. The molecule has 180 valence electrons. The third-order valence-electron chi connectivity index (χ3n) is 5.86. The summed E-state index contributed by atoms with van der Waals surface area (Å²) in [5, 5.41) is 5.50. The summed E-state index contributed by atoms with van der Waals surface area (Å²) in [6.45, 7) is 1.84. The van der Waals surface area contributed by atoms with Crippen molar-refractivity contribution < 1.29 is 9.59 Å². The molecule has 5 aromatic rings. The van der Waals surface area contributed by atoms with Crippen molar-refractivity contribution in [1.82, 2.24) is 9.55 Å². The Kier molecular flexibility index (Phi) is 6.49. The smallest absolute Gasteiger partial charge is 0.263 e. The van der Waals surface area contributed by atoms with Crippen molar-refractivity contribution in [2.24, 2.45) is 5.73 Å². The molecule has 3 N–H and O–H groups in total. The van der Waals surface area contributed by atoms with Crippen LogP contribution >= 0.6 is 22.7 Å². The van der Waals surface area contributed by atoms with E-state index in [9.17, 15) is 14.4 Å². The van der Waals surface area contributed by atoms with E-state index in [-0.39, 0.29) is 17.7 Å². The molecule has 0 aliphatic heterocycles. The van der Waals surface area contributed by atoms with Gasteiger partial charge in [0.1, 0.15) is 16.4 Å². The minimum absolute atomic E-state index is 0.226. The number of aromatic nitrogens is 2. The maximum atomic E-state index is 13.3. The van der Waals surface area contributed by atoms with Crippen molar-refractivity contribution >= 4 is 49.7 Å². The Morgan fingerprint density at radius 1 is 1.06 bits per heavy atom. The molecular weight excluding hydrogens is 492 g/mol. The van der Waals surface area contributed by atoms with Gasteiger partial charge in [0.15, 0.2) is 0 Å². The van der Waals surface area contributed by atoms with Crippen LogP contribution in [0.1, 0.15) is 22.8 Å². The first-order chi connectivity index (χ1) is 17.4. The molecule has 0 saturated carbocycles. The van der Waals surface area contributed by atoms with Gasteiger partial charge in [0.2, 0.25) is 5.91 Å². The van der Waals surface area contributed by atoms with Crippen molar-refractivity contribution in [1.29, 1.82) is 0 Å². The number of primary amides is 1. The summed E-state index contributed by atoms with van der Waals surface area (Å²) in [4.78, 5) is 44.1. The number of hydrogen-bond acceptors (Lipinski definition) is 6. The van der Waals surface area contributed by atoms with Crippen LogP contribution in [-0.2, 0) is 17.8 Å². The van der Waals surface area contributed by atoms with Crippen molar-refractivity contribution in [3.8, 4) is 21.6 Å². The van der Waals surface area contributed by atoms with Crippen molar-refractivity contribution in [3.63, 3.8) is 0 Å². The molecule has 0 spiro atoms. The standard InChI is InChI=1S/C27H22N4O3S2/c1-2-16-8-10-17(11-9-16)20-14-35-26-23(20)27(34)31(15-29-26)13-22(32)30-25-19(24(28)33)12-21(36-25)18-6-4-3-5-7-18/h3-12,14-15H,2,13H2,1H3,(H2,28,33)(H,30,32). The molecule has 0 aliphatic rings. The summed E-state index contributed by atoms with van der Waals surface area (Å²) in [7, 11) is 0. The van der Waals surface area contributed by atoms with Crippen molar-refractivity contribution in [2.75, 3.05) is 5.32 Å². The second-order valence-corrected chi connectivity index (χ2v) is 10.1. The van der Waals surface area contributed by atoms with Crippen LogP contribution in [0.4, 0.5) is 5.00 Å². The van der Waals surface area contributed by atoms with E-state index in [1.165, 1.54) is 39.1 Å². The highest BCUT2D eigenvalue weighted by Crippen LogP contribution is 2.35. The lowest BCUT2D eigenvalue weighted by atomic mass is 10.0. The summed E-state index contributed by atoms with van der Waals surface area (Å²) < 4.78 is 1.28. The molecule has 0 atom stereocenters. The third kappa shape index (κ3) is 4.58. The number of hydrogen-bond donors (Lipinski definition) is 2. The summed E-state index contributed by atoms with van der Waals surface area (Å²) in [5.74, 6) is -1.09. The zero-order chi connectivity index (χ0) is 25.2. The van der Waals surface area contributed by atoms with Crippen LogP contribution in [0.15, 0.2) is 77.2 Å². The molecule has 2 aromatic carbocycles.